The lowest BCUT2D eigenvalue weighted by Crippen LogP contribution is -2.62. The van der Waals surface area contributed by atoms with E-state index >= 15 is 0 Å². The fraction of sp³-hybridized carbons (Fsp3) is 0.550. The Hall–Kier alpha value is -1.36. The van der Waals surface area contributed by atoms with Gasteiger partial charge in [-0.2, -0.15) is 0 Å². The number of nitrogens with one attached hydrogen (secondary N) is 1. The molecule has 5 aliphatic rings. The van der Waals surface area contributed by atoms with E-state index in [0.717, 1.165) is 30.8 Å². The first kappa shape index (κ1) is 15.9. The molecule has 5 heteroatoms. The van der Waals surface area contributed by atoms with Crippen LogP contribution in [0.2, 0.25) is 0 Å². The highest BCUT2D eigenvalue weighted by molar-refractivity contribution is 6.07. The van der Waals surface area contributed by atoms with Crippen LogP contribution < -0.4 is 5.32 Å². The maximum absolute atomic E-state index is 13.4. The molecule has 25 heavy (non-hydrogen) atoms. The fourth-order valence-electron chi connectivity index (χ4n) is 7.38. The Bertz CT molecular complexity index is 798. The van der Waals surface area contributed by atoms with Crippen molar-refractivity contribution < 1.29 is 9.53 Å². The molecule has 2 saturated heterocycles. The minimum atomic E-state index is -0.554. The van der Waals surface area contributed by atoms with Crippen LogP contribution in [0.25, 0.3) is 0 Å². The van der Waals surface area contributed by atoms with Gasteiger partial charge in [-0.15, -0.1) is 19.0 Å². The molecule has 6 unspecified atom stereocenters. The van der Waals surface area contributed by atoms with Gasteiger partial charge in [0, 0.05) is 35.5 Å². The number of carbonyl (C=O) groups is 1. The smallest absolute Gasteiger partial charge is 0.238 e. The fourth-order valence-corrected chi connectivity index (χ4v) is 7.38. The molecule has 1 aromatic carbocycles. The van der Waals surface area contributed by atoms with Gasteiger partial charge < -0.3 is 15.0 Å². The van der Waals surface area contributed by atoms with Gasteiger partial charge in [-0.3, -0.25) is 4.79 Å². The number of benzene rings is 1. The number of hydrogen-bond acceptors (Lipinski definition) is 3. The minimum absolute atomic E-state index is 0. The van der Waals surface area contributed by atoms with Crippen LogP contribution in [0.5, 0.6) is 0 Å². The summed E-state index contributed by atoms with van der Waals surface area (Å²) in [6.45, 7) is 6.06. The van der Waals surface area contributed by atoms with Gasteiger partial charge in [-0.05, 0) is 31.0 Å². The maximum atomic E-state index is 13.4. The van der Waals surface area contributed by atoms with E-state index in [-0.39, 0.29) is 35.8 Å². The van der Waals surface area contributed by atoms with Gasteiger partial charge in [0.1, 0.15) is 5.41 Å². The summed E-state index contributed by atoms with van der Waals surface area (Å²) < 4.78 is 6.34. The van der Waals surface area contributed by atoms with Gasteiger partial charge in [0.15, 0.2) is 0 Å². The van der Waals surface area contributed by atoms with Crippen LogP contribution in [0.4, 0.5) is 5.69 Å². The highest BCUT2D eigenvalue weighted by Gasteiger charge is 2.79. The molecule has 3 aliphatic heterocycles. The highest BCUT2D eigenvalue weighted by Crippen LogP contribution is 2.73. The molecule has 2 saturated carbocycles. The molecule has 132 valence electrons. The summed E-state index contributed by atoms with van der Waals surface area (Å²) in [5.74, 6) is 1.56. The van der Waals surface area contributed by atoms with Crippen molar-refractivity contribution in [2.24, 2.45) is 23.2 Å². The molecule has 4 fully saturated rings. The number of anilines is 1. The first-order valence-corrected chi connectivity index (χ1v) is 9.01. The van der Waals surface area contributed by atoms with Crippen molar-refractivity contribution in [3.05, 3.63) is 42.5 Å². The van der Waals surface area contributed by atoms with Crippen molar-refractivity contribution in [1.82, 2.24) is 4.90 Å². The number of piperidine rings is 1. The van der Waals surface area contributed by atoms with Crippen LogP contribution >= 0.6 is 12.4 Å². The molecule has 4 nitrogen and oxygen atoms in total. The standard InChI is InChI=1S/C20H22N2O2.ClH/c1-3-19-10-22(2)16-11-9-24-15(8-13(11)19)20(17(16)19)12-6-4-5-7-14(12)21-18(20)23;/h3-7,11,13,15-17H,1,8-10H2,2H3,(H,21,23);1H/t11?,13?,15?,16?,17?,19?,20-;/m0./s1. The second kappa shape index (κ2) is 4.67. The topological polar surface area (TPSA) is 41.6 Å². The number of halogens is 1. The molecule has 1 spiro atoms. The zero-order valence-corrected chi connectivity index (χ0v) is 15.1. The molecular formula is C20H23ClN2O2. The van der Waals surface area contributed by atoms with E-state index in [1.165, 1.54) is 0 Å². The summed E-state index contributed by atoms with van der Waals surface area (Å²) >= 11 is 0. The predicted molar refractivity (Wildman–Crippen MR) is 97.9 cm³/mol. The Kier molecular flexibility index (Phi) is 2.96. The van der Waals surface area contributed by atoms with E-state index in [9.17, 15) is 4.79 Å². The van der Waals surface area contributed by atoms with Crippen molar-refractivity contribution in [2.75, 3.05) is 25.5 Å². The van der Waals surface area contributed by atoms with Crippen molar-refractivity contribution >= 4 is 24.0 Å². The molecule has 1 N–H and O–H groups in total. The minimum Gasteiger partial charge on any atom is -0.376 e. The molecule has 1 aromatic rings. The van der Waals surface area contributed by atoms with Crippen LogP contribution in [0, 0.1) is 23.2 Å². The Morgan fingerprint density at radius 2 is 2.20 bits per heavy atom. The Balaban J connectivity index is 0.00000140. The lowest BCUT2D eigenvalue weighted by Gasteiger charge is -2.54. The number of ether oxygens (including phenoxy) is 1. The van der Waals surface area contributed by atoms with E-state index in [4.69, 9.17) is 4.74 Å². The van der Waals surface area contributed by atoms with E-state index in [1.54, 1.807) is 0 Å². The predicted octanol–water partition coefficient (Wildman–Crippen LogP) is 2.45. The molecular weight excluding hydrogens is 336 g/mol. The van der Waals surface area contributed by atoms with Gasteiger partial charge in [0.05, 0.1) is 12.7 Å². The molecule has 7 atom stereocenters. The molecule has 0 radical (unpaired) electrons. The number of rotatable bonds is 1. The SMILES string of the molecule is C=CC12CN(C)C3C4COC(CC41)[C@]1(C(=O)Nc4ccccc41)C32.Cl. The normalized spacial score (nSPS) is 48.4. The quantitative estimate of drug-likeness (QED) is 0.784. The van der Waals surface area contributed by atoms with Crippen LogP contribution in [0.15, 0.2) is 36.9 Å². The van der Waals surface area contributed by atoms with Crippen molar-refractivity contribution in [1.29, 1.82) is 0 Å². The van der Waals surface area contributed by atoms with Crippen molar-refractivity contribution in [3.63, 3.8) is 0 Å². The molecule has 2 aliphatic carbocycles. The van der Waals surface area contributed by atoms with Gasteiger partial charge in [-0.25, -0.2) is 0 Å². The molecule has 3 heterocycles. The zero-order chi connectivity index (χ0) is 16.3. The van der Waals surface area contributed by atoms with Crippen LogP contribution in [0.1, 0.15) is 12.0 Å². The molecule has 0 aromatic heterocycles. The lowest BCUT2D eigenvalue weighted by atomic mass is 9.51. The average molecular weight is 359 g/mol. The Morgan fingerprint density at radius 1 is 1.40 bits per heavy atom. The third-order valence-corrected chi connectivity index (χ3v) is 7.93. The summed E-state index contributed by atoms with van der Waals surface area (Å²) in [5.41, 5.74) is 1.61. The monoisotopic (exact) mass is 358 g/mol. The third-order valence-electron chi connectivity index (χ3n) is 7.93. The Labute approximate surface area is 154 Å². The molecule has 1 amide bonds. The van der Waals surface area contributed by atoms with Gasteiger partial charge in [0.25, 0.3) is 0 Å². The number of likely N-dealkylation sites (tertiary alicyclic amines) is 1. The van der Waals surface area contributed by atoms with Crippen LogP contribution in [-0.4, -0.2) is 43.2 Å². The van der Waals surface area contributed by atoms with E-state index < -0.39 is 5.41 Å². The van der Waals surface area contributed by atoms with Gasteiger partial charge in [0.2, 0.25) is 5.91 Å². The zero-order valence-electron chi connectivity index (χ0n) is 14.3. The van der Waals surface area contributed by atoms with Crippen molar-refractivity contribution in [3.8, 4) is 0 Å². The van der Waals surface area contributed by atoms with Crippen LogP contribution in [0.3, 0.4) is 0 Å². The van der Waals surface area contributed by atoms with E-state index in [2.05, 4.69) is 42.1 Å². The molecule has 6 rings (SSSR count). The second-order valence-electron chi connectivity index (χ2n) is 8.40. The summed E-state index contributed by atoms with van der Waals surface area (Å²) in [6.07, 6.45) is 3.17. The van der Waals surface area contributed by atoms with Gasteiger partial charge in [-0.1, -0.05) is 24.3 Å². The first-order valence-electron chi connectivity index (χ1n) is 9.01. The van der Waals surface area contributed by atoms with Crippen molar-refractivity contribution in [2.45, 2.75) is 24.0 Å². The van der Waals surface area contributed by atoms with E-state index in [0.29, 0.717) is 17.9 Å². The largest absolute Gasteiger partial charge is 0.376 e. The summed E-state index contributed by atoms with van der Waals surface area (Å²) in [5, 5.41) is 3.18. The number of fused-ring (bicyclic) bond motifs is 5. The number of carbonyl (C=O) groups excluding carboxylic acids is 1. The average Bonchev–Trinajstić information content (AvgIpc) is 3.08. The summed E-state index contributed by atoms with van der Waals surface area (Å²) in [6, 6.07) is 8.64. The van der Waals surface area contributed by atoms with Crippen LogP contribution in [-0.2, 0) is 14.9 Å². The summed E-state index contributed by atoms with van der Waals surface area (Å²) in [7, 11) is 2.21. The number of nitrogens with zero attached hydrogens (tertiary/aromatic N) is 1. The lowest BCUT2D eigenvalue weighted by molar-refractivity contribution is -0.153. The summed E-state index contributed by atoms with van der Waals surface area (Å²) in [4.78, 5) is 15.9. The number of para-hydroxylation sites is 1. The maximum Gasteiger partial charge on any atom is 0.238 e. The second-order valence-corrected chi connectivity index (χ2v) is 8.40. The number of amides is 1. The van der Waals surface area contributed by atoms with Gasteiger partial charge >= 0.3 is 0 Å². The first-order chi connectivity index (χ1) is 11.6. The van der Waals surface area contributed by atoms with E-state index in [1.807, 2.05) is 12.1 Å². The third kappa shape index (κ3) is 1.41. The Morgan fingerprint density at radius 3 is 3.00 bits per heavy atom. The molecule has 5 bridgehead atoms. The highest BCUT2D eigenvalue weighted by atomic mass is 35.5. The number of hydrogen-bond donors (Lipinski definition) is 1.